The minimum atomic E-state index is -0.175. The molecule has 0 saturated heterocycles. The van der Waals surface area contributed by atoms with Gasteiger partial charge in [-0.2, -0.15) is 4.80 Å². The van der Waals surface area contributed by atoms with Gasteiger partial charge in [0.1, 0.15) is 6.54 Å². The smallest absolute Gasteiger partial charge is 0.246 e. The van der Waals surface area contributed by atoms with Gasteiger partial charge in [-0.3, -0.25) is 4.79 Å². The number of carbonyl (C=O) groups excluding carboxylic acids is 1. The molecule has 0 aliphatic rings. The van der Waals surface area contributed by atoms with Crippen LogP contribution in [0, 0.1) is 0 Å². The fraction of sp³-hybridized carbons (Fsp3) is 0.333. The third-order valence-corrected chi connectivity index (χ3v) is 2.62. The highest BCUT2D eigenvalue weighted by atomic mass is 16.3. The molecular weight excluding hydrogens is 246 g/mol. The zero-order chi connectivity index (χ0) is 13.7. The van der Waals surface area contributed by atoms with E-state index in [4.69, 9.17) is 5.11 Å². The molecule has 0 unspecified atom stereocenters. The molecule has 1 N–H and O–H groups in total. The van der Waals surface area contributed by atoms with Gasteiger partial charge in [0.25, 0.3) is 0 Å². The van der Waals surface area contributed by atoms with Crippen LogP contribution in [-0.4, -0.2) is 56.3 Å². The summed E-state index contributed by atoms with van der Waals surface area (Å²) in [7, 11) is 1.62. The molecular formula is C12H15N5O2. The van der Waals surface area contributed by atoms with Crippen molar-refractivity contribution < 1.29 is 9.90 Å². The summed E-state index contributed by atoms with van der Waals surface area (Å²) >= 11 is 0. The molecule has 1 aromatic heterocycles. The number of hydrogen-bond donors (Lipinski definition) is 1. The van der Waals surface area contributed by atoms with E-state index in [-0.39, 0.29) is 19.1 Å². The number of hydrogen-bond acceptors (Lipinski definition) is 5. The third kappa shape index (κ3) is 3.35. The van der Waals surface area contributed by atoms with Crippen molar-refractivity contribution in [3.63, 3.8) is 0 Å². The number of aromatic nitrogens is 4. The number of likely N-dealkylation sites (N-methyl/N-ethyl adjacent to an activating group) is 1. The number of carbonyl (C=O) groups is 1. The molecule has 1 aromatic carbocycles. The summed E-state index contributed by atoms with van der Waals surface area (Å²) in [6.07, 6.45) is 0. The molecule has 0 radical (unpaired) electrons. The fourth-order valence-corrected chi connectivity index (χ4v) is 1.53. The Labute approximate surface area is 110 Å². The normalized spacial score (nSPS) is 10.4. The maximum atomic E-state index is 11.7. The predicted molar refractivity (Wildman–Crippen MR) is 68.0 cm³/mol. The lowest BCUT2D eigenvalue weighted by molar-refractivity contribution is -0.131. The van der Waals surface area contributed by atoms with Crippen LogP contribution < -0.4 is 0 Å². The molecule has 0 spiro atoms. The summed E-state index contributed by atoms with van der Waals surface area (Å²) in [6, 6.07) is 9.43. The van der Waals surface area contributed by atoms with Gasteiger partial charge in [0.05, 0.1) is 6.61 Å². The molecule has 7 heteroatoms. The van der Waals surface area contributed by atoms with Gasteiger partial charge >= 0.3 is 0 Å². The fourth-order valence-electron chi connectivity index (χ4n) is 1.53. The summed E-state index contributed by atoms with van der Waals surface area (Å²) in [5.41, 5.74) is 0.852. The second kappa shape index (κ2) is 6.05. The van der Waals surface area contributed by atoms with Crippen molar-refractivity contribution >= 4 is 5.91 Å². The van der Waals surface area contributed by atoms with Gasteiger partial charge < -0.3 is 10.0 Å². The Hall–Kier alpha value is -2.28. The SMILES string of the molecule is CN(CCO)C(=O)Cn1nnc(-c2ccccc2)n1. The van der Waals surface area contributed by atoms with Crippen molar-refractivity contribution in [3.8, 4) is 11.4 Å². The summed E-state index contributed by atoms with van der Waals surface area (Å²) in [5.74, 6) is 0.310. The zero-order valence-electron chi connectivity index (χ0n) is 10.6. The first-order valence-corrected chi connectivity index (χ1v) is 5.89. The van der Waals surface area contributed by atoms with Crippen LogP contribution in [-0.2, 0) is 11.3 Å². The van der Waals surface area contributed by atoms with Crippen LogP contribution in [0.2, 0.25) is 0 Å². The Bertz CT molecular complexity index is 540. The van der Waals surface area contributed by atoms with E-state index in [9.17, 15) is 4.79 Å². The number of amides is 1. The van der Waals surface area contributed by atoms with E-state index in [1.54, 1.807) is 7.05 Å². The first-order valence-electron chi connectivity index (χ1n) is 5.89. The molecule has 19 heavy (non-hydrogen) atoms. The van der Waals surface area contributed by atoms with Crippen molar-refractivity contribution in [2.75, 3.05) is 20.2 Å². The van der Waals surface area contributed by atoms with E-state index in [1.807, 2.05) is 30.3 Å². The molecule has 0 fully saturated rings. The van der Waals surface area contributed by atoms with Gasteiger partial charge in [0.15, 0.2) is 0 Å². The first-order chi connectivity index (χ1) is 9.20. The Morgan fingerprint density at radius 1 is 1.37 bits per heavy atom. The molecule has 2 aromatic rings. The predicted octanol–water partition coefficient (Wildman–Crippen LogP) is -0.209. The van der Waals surface area contributed by atoms with Crippen LogP contribution in [0.4, 0.5) is 0 Å². The minimum Gasteiger partial charge on any atom is -0.395 e. The number of tetrazole rings is 1. The van der Waals surface area contributed by atoms with Crippen LogP contribution >= 0.6 is 0 Å². The molecule has 0 saturated carbocycles. The van der Waals surface area contributed by atoms with Crippen LogP contribution in [0.25, 0.3) is 11.4 Å². The molecule has 1 amide bonds. The van der Waals surface area contributed by atoms with E-state index in [0.29, 0.717) is 12.4 Å². The lowest BCUT2D eigenvalue weighted by Gasteiger charge is -2.14. The van der Waals surface area contributed by atoms with E-state index in [1.165, 1.54) is 9.70 Å². The lowest BCUT2D eigenvalue weighted by atomic mass is 10.2. The molecule has 7 nitrogen and oxygen atoms in total. The van der Waals surface area contributed by atoms with Gasteiger partial charge in [0.2, 0.25) is 11.7 Å². The summed E-state index contributed by atoms with van der Waals surface area (Å²) in [4.78, 5) is 14.4. The second-order valence-electron chi connectivity index (χ2n) is 4.05. The number of aliphatic hydroxyl groups is 1. The highest BCUT2D eigenvalue weighted by Crippen LogP contribution is 2.11. The number of nitrogens with zero attached hydrogens (tertiary/aromatic N) is 5. The standard InChI is InChI=1S/C12H15N5O2/c1-16(7-8-18)11(19)9-17-14-12(13-15-17)10-5-3-2-4-6-10/h2-6,18H,7-9H2,1H3. The maximum Gasteiger partial charge on any atom is 0.246 e. The van der Waals surface area contributed by atoms with Gasteiger partial charge in [0, 0.05) is 19.2 Å². The van der Waals surface area contributed by atoms with Crippen molar-refractivity contribution in [2.24, 2.45) is 0 Å². The molecule has 1 heterocycles. The van der Waals surface area contributed by atoms with Gasteiger partial charge in [-0.15, -0.1) is 10.2 Å². The van der Waals surface area contributed by atoms with Gasteiger partial charge in [-0.05, 0) is 5.21 Å². The van der Waals surface area contributed by atoms with Crippen LogP contribution in [0.3, 0.4) is 0 Å². The highest BCUT2D eigenvalue weighted by Gasteiger charge is 2.12. The number of aliphatic hydroxyl groups excluding tert-OH is 1. The molecule has 0 atom stereocenters. The molecule has 2 rings (SSSR count). The maximum absolute atomic E-state index is 11.7. The minimum absolute atomic E-state index is 0.0103. The molecule has 0 bridgehead atoms. The van der Waals surface area contributed by atoms with E-state index in [0.717, 1.165) is 5.56 Å². The monoisotopic (exact) mass is 261 g/mol. The van der Waals surface area contributed by atoms with Crippen molar-refractivity contribution in [3.05, 3.63) is 30.3 Å². The van der Waals surface area contributed by atoms with Gasteiger partial charge in [-0.25, -0.2) is 0 Å². The average Bonchev–Trinajstić information content (AvgIpc) is 2.88. The molecule has 100 valence electrons. The van der Waals surface area contributed by atoms with E-state index < -0.39 is 0 Å². The van der Waals surface area contributed by atoms with Crippen molar-refractivity contribution in [1.82, 2.24) is 25.1 Å². The zero-order valence-corrected chi connectivity index (χ0v) is 10.6. The summed E-state index contributed by atoms with van der Waals surface area (Å²) in [6.45, 7) is 0.234. The largest absolute Gasteiger partial charge is 0.395 e. The quantitative estimate of drug-likeness (QED) is 0.805. The summed E-state index contributed by atoms with van der Waals surface area (Å²) in [5, 5.41) is 20.7. The summed E-state index contributed by atoms with van der Waals surface area (Å²) < 4.78 is 0. The Kier molecular flexibility index (Phi) is 4.19. The van der Waals surface area contributed by atoms with Crippen molar-refractivity contribution in [2.45, 2.75) is 6.54 Å². The third-order valence-electron chi connectivity index (χ3n) is 2.62. The Morgan fingerprint density at radius 2 is 2.11 bits per heavy atom. The van der Waals surface area contributed by atoms with E-state index in [2.05, 4.69) is 15.4 Å². The average molecular weight is 261 g/mol. The lowest BCUT2D eigenvalue weighted by Crippen LogP contribution is -2.33. The van der Waals surface area contributed by atoms with Crippen LogP contribution in [0.1, 0.15) is 0 Å². The first kappa shape index (κ1) is 13.2. The Balaban J connectivity index is 2.04. The van der Waals surface area contributed by atoms with Crippen molar-refractivity contribution in [1.29, 1.82) is 0 Å². The molecule has 0 aliphatic carbocycles. The van der Waals surface area contributed by atoms with E-state index >= 15 is 0 Å². The topological polar surface area (TPSA) is 84.1 Å². The van der Waals surface area contributed by atoms with Crippen LogP contribution in [0.5, 0.6) is 0 Å². The molecule has 0 aliphatic heterocycles. The van der Waals surface area contributed by atoms with Gasteiger partial charge in [-0.1, -0.05) is 30.3 Å². The number of benzene rings is 1. The number of rotatable bonds is 5. The second-order valence-corrected chi connectivity index (χ2v) is 4.05. The van der Waals surface area contributed by atoms with Crippen LogP contribution in [0.15, 0.2) is 30.3 Å². The Morgan fingerprint density at radius 3 is 2.79 bits per heavy atom. The highest BCUT2D eigenvalue weighted by molar-refractivity contribution is 5.75.